The van der Waals surface area contributed by atoms with Crippen molar-refractivity contribution in [1.82, 2.24) is 4.90 Å². The topological polar surface area (TPSA) is 83.9 Å². The van der Waals surface area contributed by atoms with Crippen LogP contribution in [0.15, 0.2) is 54.1 Å². The van der Waals surface area contributed by atoms with Crippen molar-refractivity contribution in [2.24, 2.45) is 5.92 Å². The van der Waals surface area contributed by atoms with Gasteiger partial charge in [-0.2, -0.15) is 0 Å². The molecule has 1 aliphatic heterocycles. The largest absolute Gasteiger partial charge is 0.507 e. The van der Waals surface area contributed by atoms with Gasteiger partial charge in [0, 0.05) is 17.1 Å². The third kappa shape index (κ3) is 4.09. The lowest BCUT2D eigenvalue weighted by Crippen LogP contribution is -2.33. The summed E-state index contributed by atoms with van der Waals surface area (Å²) in [7, 11) is 1.29. The lowest BCUT2D eigenvalue weighted by molar-refractivity contribution is -0.140. The van der Waals surface area contributed by atoms with Gasteiger partial charge in [-0.25, -0.2) is 4.79 Å². The predicted molar refractivity (Wildman–Crippen MR) is 113 cm³/mol. The second-order valence-corrected chi connectivity index (χ2v) is 7.90. The van der Waals surface area contributed by atoms with E-state index in [4.69, 9.17) is 16.3 Å². The van der Waals surface area contributed by atoms with Gasteiger partial charge in [-0.15, -0.1) is 0 Å². The minimum absolute atomic E-state index is 0.00814. The monoisotopic (exact) mass is 427 g/mol. The number of Topliss-reactive ketones (excluding diaryl/α,β-unsaturated/α-hetero) is 1. The number of hydrogen-bond donors (Lipinski definition) is 1. The van der Waals surface area contributed by atoms with E-state index >= 15 is 0 Å². The second kappa shape index (κ2) is 8.71. The van der Waals surface area contributed by atoms with E-state index in [1.54, 1.807) is 48.5 Å². The SMILES string of the molecule is COC(=O)c1ccc(C2C(=C(O)c3ccc(Cl)cc3)C(=O)C(=O)N2CC(C)C)cc1. The lowest BCUT2D eigenvalue weighted by atomic mass is 9.94. The van der Waals surface area contributed by atoms with Crippen LogP contribution in [-0.2, 0) is 14.3 Å². The molecule has 1 saturated heterocycles. The Labute approximate surface area is 179 Å². The molecule has 2 aromatic carbocycles. The molecule has 3 rings (SSSR count). The van der Waals surface area contributed by atoms with E-state index in [0.717, 1.165) is 0 Å². The highest BCUT2D eigenvalue weighted by molar-refractivity contribution is 6.46. The molecule has 1 unspecified atom stereocenters. The molecule has 1 atom stereocenters. The number of aliphatic hydroxyl groups excluding tert-OH is 1. The van der Waals surface area contributed by atoms with Crippen molar-refractivity contribution in [3.8, 4) is 0 Å². The predicted octanol–water partition coefficient (Wildman–Crippen LogP) is 4.20. The smallest absolute Gasteiger partial charge is 0.337 e. The quantitative estimate of drug-likeness (QED) is 0.334. The Balaban J connectivity index is 2.14. The molecule has 0 aliphatic carbocycles. The Morgan fingerprint density at radius 1 is 1.07 bits per heavy atom. The van der Waals surface area contributed by atoms with Crippen molar-refractivity contribution in [2.45, 2.75) is 19.9 Å². The summed E-state index contributed by atoms with van der Waals surface area (Å²) in [6, 6.07) is 12.1. The molecule has 1 aliphatic rings. The highest BCUT2D eigenvalue weighted by Crippen LogP contribution is 2.40. The van der Waals surface area contributed by atoms with Crippen LogP contribution >= 0.6 is 11.6 Å². The normalized spacial score (nSPS) is 18.2. The van der Waals surface area contributed by atoms with Crippen molar-refractivity contribution in [1.29, 1.82) is 0 Å². The van der Waals surface area contributed by atoms with Crippen LogP contribution in [0.3, 0.4) is 0 Å². The Morgan fingerprint density at radius 2 is 1.63 bits per heavy atom. The average Bonchev–Trinajstić information content (AvgIpc) is 2.97. The van der Waals surface area contributed by atoms with Gasteiger partial charge < -0.3 is 14.7 Å². The van der Waals surface area contributed by atoms with Gasteiger partial charge in [-0.3, -0.25) is 9.59 Å². The van der Waals surface area contributed by atoms with Crippen LogP contribution in [-0.4, -0.2) is 41.3 Å². The number of carbonyl (C=O) groups is 3. The molecule has 1 amide bonds. The Hall–Kier alpha value is -3.12. The first-order valence-corrected chi connectivity index (χ1v) is 9.85. The van der Waals surface area contributed by atoms with Gasteiger partial charge in [0.2, 0.25) is 0 Å². The molecule has 156 valence electrons. The second-order valence-electron chi connectivity index (χ2n) is 7.47. The summed E-state index contributed by atoms with van der Waals surface area (Å²) in [5.41, 5.74) is 1.35. The zero-order valence-corrected chi connectivity index (χ0v) is 17.6. The molecule has 1 heterocycles. The van der Waals surface area contributed by atoms with E-state index in [1.165, 1.54) is 12.0 Å². The molecule has 0 aromatic heterocycles. The molecule has 0 spiro atoms. The number of ether oxygens (including phenoxy) is 1. The van der Waals surface area contributed by atoms with E-state index in [9.17, 15) is 19.5 Å². The number of esters is 1. The first-order chi connectivity index (χ1) is 14.2. The van der Waals surface area contributed by atoms with Gasteiger partial charge >= 0.3 is 5.97 Å². The molecule has 0 saturated carbocycles. The number of methoxy groups -OCH3 is 1. The number of benzene rings is 2. The molecule has 1 N–H and O–H groups in total. The van der Waals surface area contributed by atoms with E-state index in [-0.39, 0.29) is 17.3 Å². The maximum absolute atomic E-state index is 12.9. The van der Waals surface area contributed by atoms with Crippen LogP contribution in [0.5, 0.6) is 0 Å². The summed E-state index contributed by atoms with van der Waals surface area (Å²) in [4.78, 5) is 38.9. The van der Waals surface area contributed by atoms with Crippen molar-refractivity contribution in [3.63, 3.8) is 0 Å². The minimum Gasteiger partial charge on any atom is -0.507 e. The van der Waals surface area contributed by atoms with Gasteiger partial charge in [-0.05, 0) is 47.9 Å². The molecule has 0 bridgehead atoms. The van der Waals surface area contributed by atoms with E-state index in [0.29, 0.717) is 28.3 Å². The van der Waals surface area contributed by atoms with Gasteiger partial charge in [0.1, 0.15) is 5.76 Å². The van der Waals surface area contributed by atoms with Gasteiger partial charge in [0.05, 0.1) is 24.3 Å². The molecule has 2 aromatic rings. The summed E-state index contributed by atoms with van der Waals surface area (Å²) in [6.45, 7) is 4.22. The highest BCUT2D eigenvalue weighted by Gasteiger charge is 2.46. The fraction of sp³-hybridized carbons (Fsp3) is 0.261. The molecular weight excluding hydrogens is 406 g/mol. The number of ketones is 1. The van der Waals surface area contributed by atoms with E-state index in [1.807, 2.05) is 13.8 Å². The van der Waals surface area contributed by atoms with Crippen LogP contribution in [0, 0.1) is 5.92 Å². The van der Waals surface area contributed by atoms with Crippen molar-refractivity contribution >= 4 is 35.0 Å². The van der Waals surface area contributed by atoms with Crippen LogP contribution in [0.4, 0.5) is 0 Å². The average molecular weight is 428 g/mol. The number of nitrogens with zero attached hydrogens (tertiary/aromatic N) is 1. The highest BCUT2D eigenvalue weighted by atomic mass is 35.5. The maximum atomic E-state index is 12.9. The fourth-order valence-electron chi connectivity index (χ4n) is 3.49. The Kier molecular flexibility index (Phi) is 6.27. The number of carbonyl (C=O) groups excluding carboxylic acids is 3. The molecule has 0 radical (unpaired) electrons. The summed E-state index contributed by atoms with van der Waals surface area (Å²) in [6.07, 6.45) is 0. The van der Waals surface area contributed by atoms with Crippen LogP contribution in [0.25, 0.3) is 5.76 Å². The summed E-state index contributed by atoms with van der Waals surface area (Å²) < 4.78 is 4.72. The van der Waals surface area contributed by atoms with E-state index in [2.05, 4.69) is 0 Å². The van der Waals surface area contributed by atoms with Crippen LogP contribution < -0.4 is 0 Å². The molecule has 30 heavy (non-hydrogen) atoms. The number of likely N-dealkylation sites (tertiary alicyclic amines) is 1. The zero-order chi connectivity index (χ0) is 22.0. The number of aliphatic hydroxyl groups is 1. The summed E-state index contributed by atoms with van der Waals surface area (Å²) >= 11 is 5.92. The number of rotatable bonds is 5. The van der Waals surface area contributed by atoms with Gasteiger partial charge in [0.25, 0.3) is 11.7 Å². The third-order valence-electron chi connectivity index (χ3n) is 4.87. The third-order valence-corrected chi connectivity index (χ3v) is 5.12. The minimum atomic E-state index is -0.769. The van der Waals surface area contributed by atoms with Crippen LogP contribution in [0.1, 0.15) is 41.4 Å². The number of amides is 1. The fourth-order valence-corrected chi connectivity index (χ4v) is 3.62. The number of halogens is 1. The zero-order valence-electron chi connectivity index (χ0n) is 16.9. The lowest BCUT2D eigenvalue weighted by Gasteiger charge is -2.27. The van der Waals surface area contributed by atoms with Crippen LogP contribution in [0.2, 0.25) is 5.02 Å². The molecular formula is C23H22ClNO5. The van der Waals surface area contributed by atoms with E-state index < -0.39 is 23.7 Å². The molecule has 7 heteroatoms. The standard InChI is InChI=1S/C23H22ClNO5/c1-13(2)12-25-19(14-4-6-16(7-5-14)23(29)30-3)18(21(27)22(25)28)20(26)15-8-10-17(24)11-9-15/h4-11,13,19,26H,12H2,1-3H3. The first kappa shape index (κ1) is 21.6. The summed E-state index contributed by atoms with van der Waals surface area (Å²) in [5.74, 6) is -2.06. The molecule has 1 fully saturated rings. The van der Waals surface area contributed by atoms with Gasteiger partial charge in [0.15, 0.2) is 0 Å². The maximum Gasteiger partial charge on any atom is 0.337 e. The number of hydrogen-bond acceptors (Lipinski definition) is 5. The van der Waals surface area contributed by atoms with Crippen molar-refractivity contribution < 1.29 is 24.2 Å². The first-order valence-electron chi connectivity index (χ1n) is 9.47. The van der Waals surface area contributed by atoms with Crippen molar-refractivity contribution in [2.75, 3.05) is 13.7 Å². The summed E-state index contributed by atoms with van der Waals surface area (Å²) in [5, 5.41) is 11.4. The van der Waals surface area contributed by atoms with Crippen molar-refractivity contribution in [3.05, 3.63) is 75.8 Å². The molecule has 6 nitrogen and oxygen atoms in total. The van der Waals surface area contributed by atoms with Gasteiger partial charge in [-0.1, -0.05) is 37.6 Å². The Bertz CT molecular complexity index is 1010. The Morgan fingerprint density at radius 3 is 2.17 bits per heavy atom.